The van der Waals surface area contributed by atoms with Crippen LogP contribution in [0, 0.1) is 5.41 Å². The van der Waals surface area contributed by atoms with Crippen LogP contribution in [0.4, 0.5) is 11.5 Å². The summed E-state index contributed by atoms with van der Waals surface area (Å²) in [4.78, 5) is 15.4. The summed E-state index contributed by atoms with van der Waals surface area (Å²) in [6.45, 7) is 4.53. The Morgan fingerprint density at radius 2 is 2.28 bits per heavy atom. The normalized spacial score (nSPS) is 21.8. The minimum absolute atomic E-state index is 0.319. The van der Waals surface area contributed by atoms with Gasteiger partial charge in [-0.3, -0.25) is 4.79 Å². The SMILES string of the molecule is CC1(C)CCC(Nc2cc(C(N)=O)c(N)cn2)C1. The number of aromatic nitrogens is 1. The molecule has 5 nitrogen and oxygen atoms in total. The third-order valence-electron chi connectivity index (χ3n) is 3.52. The zero-order chi connectivity index (χ0) is 13.3. The van der Waals surface area contributed by atoms with E-state index in [1.807, 2.05) is 0 Å². The van der Waals surface area contributed by atoms with Crippen molar-refractivity contribution in [2.24, 2.45) is 11.1 Å². The van der Waals surface area contributed by atoms with Gasteiger partial charge in [0.05, 0.1) is 17.4 Å². The highest BCUT2D eigenvalue weighted by Gasteiger charge is 2.30. The lowest BCUT2D eigenvalue weighted by atomic mass is 9.92. The summed E-state index contributed by atoms with van der Waals surface area (Å²) in [6, 6.07) is 2.03. The maximum absolute atomic E-state index is 11.2. The summed E-state index contributed by atoms with van der Waals surface area (Å²) in [5.41, 5.74) is 11.9. The van der Waals surface area contributed by atoms with Gasteiger partial charge in [-0.15, -0.1) is 0 Å². The lowest BCUT2D eigenvalue weighted by molar-refractivity contribution is 0.100. The van der Waals surface area contributed by atoms with Gasteiger partial charge in [0, 0.05) is 6.04 Å². The molecule has 0 bridgehead atoms. The molecule has 1 aromatic heterocycles. The van der Waals surface area contributed by atoms with Crippen LogP contribution in [0.25, 0.3) is 0 Å². The number of pyridine rings is 1. The van der Waals surface area contributed by atoms with Crippen LogP contribution >= 0.6 is 0 Å². The highest BCUT2D eigenvalue weighted by Crippen LogP contribution is 2.38. The molecule has 0 saturated heterocycles. The van der Waals surface area contributed by atoms with Crippen molar-refractivity contribution in [1.29, 1.82) is 0 Å². The summed E-state index contributed by atoms with van der Waals surface area (Å²) in [7, 11) is 0. The second-order valence-electron chi connectivity index (χ2n) is 5.77. The molecule has 0 aromatic carbocycles. The predicted molar refractivity (Wildman–Crippen MR) is 72.2 cm³/mol. The minimum Gasteiger partial charge on any atom is -0.397 e. The Hall–Kier alpha value is -1.78. The van der Waals surface area contributed by atoms with Crippen LogP contribution in [-0.2, 0) is 0 Å². The molecule has 0 aliphatic heterocycles. The van der Waals surface area contributed by atoms with Crippen LogP contribution in [-0.4, -0.2) is 16.9 Å². The van der Waals surface area contributed by atoms with Crippen LogP contribution in [0.1, 0.15) is 43.5 Å². The first-order valence-corrected chi connectivity index (χ1v) is 6.19. The molecule has 1 amide bonds. The molecule has 5 N–H and O–H groups in total. The minimum atomic E-state index is -0.523. The van der Waals surface area contributed by atoms with Gasteiger partial charge in [0.1, 0.15) is 5.82 Å². The fourth-order valence-corrected chi connectivity index (χ4v) is 2.53. The number of nitrogens with one attached hydrogen (secondary N) is 1. The Morgan fingerprint density at radius 1 is 1.56 bits per heavy atom. The van der Waals surface area contributed by atoms with E-state index in [4.69, 9.17) is 11.5 Å². The third kappa shape index (κ3) is 2.72. The summed E-state index contributed by atoms with van der Waals surface area (Å²) in [5, 5.41) is 3.34. The van der Waals surface area contributed by atoms with Crippen molar-refractivity contribution >= 4 is 17.4 Å². The van der Waals surface area contributed by atoms with Gasteiger partial charge >= 0.3 is 0 Å². The highest BCUT2D eigenvalue weighted by molar-refractivity contribution is 5.98. The van der Waals surface area contributed by atoms with Crippen molar-refractivity contribution < 1.29 is 4.79 Å². The van der Waals surface area contributed by atoms with Gasteiger partial charge in [-0.05, 0) is 30.7 Å². The summed E-state index contributed by atoms with van der Waals surface area (Å²) < 4.78 is 0. The van der Waals surface area contributed by atoms with Crippen LogP contribution in [0.2, 0.25) is 0 Å². The van der Waals surface area contributed by atoms with Crippen molar-refractivity contribution in [3.05, 3.63) is 17.8 Å². The van der Waals surface area contributed by atoms with Gasteiger partial charge < -0.3 is 16.8 Å². The number of amides is 1. The van der Waals surface area contributed by atoms with Gasteiger partial charge in [0.25, 0.3) is 5.91 Å². The monoisotopic (exact) mass is 248 g/mol. The Labute approximate surface area is 107 Å². The summed E-state index contributed by atoms with van der Waals surface area (Å²) in [6.07, 6.45) is 4.89. The van der Waals surface area contributed by atoms with Crippen molar-refractivity contribution in [3.8, 4) is 0 Å². The number of primary amides is 1. The molecule has 1 heterocycles. The molecule has 2 rings (SSSR count). The number of rotatable bonds is 3. The molecule has 0 radical (unpaired) electrons. The molecular weight excluding hydrogens is 228 g/mol. The van der Waals surface area contributed by atoms with E-state index in [1.54, 1.807) is 6.07 Å². The smallest absolute Gasteiger partial charge is 0.250 e. The molecular formula is C13H20N4O. The van der Waals surface area contributed by atoms with Crippen LogP contribution in [0.5, 0.6) is 0 Å². The number of carbonyl (C=O) groups is 1. The van der Waals surface area contributed by atoms with Gasteiger partial charge in [-0.1, -0.05) is 13.8 Å². The molecule has 1 aromatic rings. The zero-order valence-corrected chi connectivity index (χ0v) is 10.9. The third-order valence-corrected chi connectivity index (χ3v) is 3.52. The Morgan fingerprint density at radius 3 is 2.83 bits per heavy atom. The first-order valence-electron chi connectivity index (χ1n) is 6.19. The Balaban J connectivity index is 2.11. The van der Waals surface area contributed by atoms with E-state index in [0.29, 0.717) is 28.5 Å². The van der Waals surface area contributed by atoms with E-state index >= 15 is 0 Å². The topological polar surface area (TPSA) is 94.0 Å². The van der Waals surface area contributed by atoms with E-state index in [9.17, 15) is 4.79 Å². The molecule has 1 fully saturated rings. The van der Waals surface area contributed by atoms with Crippen molar-refractivity contribution in [1.82, 2.24) is 4.98 Å². The lowest BCUT2D eigenvalue weighted by Gasteiger charge is -2.18. The van der Waals surface area contributed by atoms with Gasteiger partial charge in [-0.2, -0.15) is 0 Å². The number of nitrogen functional groups attached to an aromatic ring is 1. The fourth-order valence-electron chi connectivity index (χ4n) is 2.53. The van der Waals surface area contributed by atoms with Crippen molar-refractivity contribution in [2.45, 2.75) is 39.2 Å². The first kappa shape index (κ1) is 12.7. The Bertz CT molecular complexity index is 470. The predicted octanol–water partition coefficient (Wildman–Crippen LogP) is 1.75. The maximum Gasteiger partial charge on any atom is 0.250 e. The van der Waals surface area contributed by atoms with E-state index in [1.165, 1.54) is 12.6 Å². The number of nitrogens with two attached hydrogens (primary N) is 2. The fraction of sp³-hybridized carbons (Fsp3) is 0.538. The average molecular weight is 248 g/mol. The molecule has 18 heavy (non-hydrogen) atoms. The quantitative estimate of drug-likeness (QED) is 0.759. The summed E-state index contributed by atoms with van der Waals surface area (Å²) >= 11 is 0. The molecule has 98 valence electrons. The first-order chi connectivity index (χ1) is 8.37. The molecule has 1 atom stereocenters. The molecule has 1 saturated carbocycles. The molecule has 0 spiro atoms. The molecule has 5 heteroatoms. The van der Waals surface area contributed by atoms with Crippen LogP contribution in [0.3, 0.4) is 0 Å². The van der Waals surface area contributed by atoms with Gasteiger partial charge in [0.2, 0.25) is 0 Å². The maximum atomic E-state index is 11.2. The molecule has 1 aliphatic carbocycles. The molecule has 1 unspecified atom stereocenters. The number of nitrogens with zero attached hydrogens (tertiary/aromatic N) is 1. The van der Waals surface area contributed by atoms with E-state index in [2.05, 4.69) is 24.1 Å². The second kappa shape index (κ2) is 4.48. The summed E-state index contributed by atoms with van der Waals surface area (Å²) in [5.74, 6) is 0.144. The van der Waals surface area contributed by atoms with E-state index < -0.39 is 5.91 Å². The number of hydrogen-bond acceptors (Lipinski definition) is 4. The van der Waals surface area contributed by atoms with Gasteiger partial charge in [0.15, 0.2) is 0 Å². The zero-order valence-electron chi connectivity index (χ0n) is 10.9. The van der Waals surface area contributed by atoms with E-state index in [-0.39, 0.29) is 0 Å². The van der Waals surface area contributed by atoms with E-state index in [0.717, 1.165) is 12.8 Å². The Kier molecular flexibility index (Phi) is 3.15. The second-order valence-corrected chi connectivity index (χ2v) is 5.77. The van der Waals surface area contributed by atoms with Crippen molar-refractivity contribution in [2.75, 3.05) is 11.1 Å². The number of anilines is 2. The van der Waals surface area contributed by atoms with Crippen LogP contribution < -0.4 is 16.8 Å². The average Bonchev–Trinajstić information content (AvgIpc) is 2.60. The van der Waals surface area contributed by atoms with Gasteiger partial charge in [-0.25, -0.2) is 4.98 Å². The molecule has 1 aliphatic rings. The van der Waals surface area contributed by atoms with Crippen molar-refractivity contribution in [3.63, 3.8) is 0 Å². The number of hydrogen-bond donors (Lipinski definition) is 3. The van der Waals surface area contributed by atoms with Crippen LogP contribution in [0.15, 0.2) is 12.3 Å². The standard InChI is InChI=1S/C13H20N4O/c1-13(2)4-3-8(6-13)17-11-5-9(12(15)18)10(14)7-16-11/h5,7-8H,3-4,6,14H2,1-2H3,(H2,15,18)(H,16,17). The number of carbonyl (C=O) groups excluding carboxylic acids is 1. The highest BCUT2D eigenvalue weighted by atomic mass is 16.1. The largest absolute Gasteiger partial charge is 0.397 e. The lowest BCUT2D eigenvalue weighted by Crippen LogP contribution is -2.20.